The van der Waals surface area contributed by atoms with E-state index >= 15 is 0 Å². The third-order valence-corrected chi connectivity index (χ3v) is 4.98. The number of aromatic amines is 1. The van der Waals surface area contributed by atoms with E-state index in [-0.39, 0.29) is 18.8 Å². The fraction of sp³-hybridized carbons (Fsp3) is 0.292. The number of H-pyrrole nitrogens is 1. The first kappa shape index (κ1) is 22.9. The first-order chi connectivity index (χ1) is 15.3. The van der Waals surface area contributed by atoms with Crippen LogP contribution in [-0.4, -0.2) is 40.1 Å². The van der Waals surface area contributed by atoms with E-state index in [9.17, 15) is 19.5 Å². The van der Waals surface area contributed by atoms with E-state index in [0.29, 0.717) is 5.75 Å². The van der Waals surface area contributed by atoms with Gasteiger partial charge in [0.15, 0.2) is 0 Å². The second-order valence-electron chi connectivity index (χ2n) is 7.99. The van der Waals surface area contributed by atoms with Crippen LogP contribution in [0.25, 0.3) is 10.9 Å². The highest BCUT2D eigenvalue weighted by molar-refractivity contribution is 5.91. The van der Waals surface area contributed by atoms with E-state index in [4.69, 9.17) is 4.74 Å². The lowest BCUT2D eigenvalue weighted by atomic mass is 10.0. The van der Waals surface area contributed by atoms with Gasteiger partial charge in [-0.25, -0.2) is 9.59 Å². The number of aromatic nitrogens is 1. The van der Waals surface area contributed by atoms with E-state index in [0.717, 1.165) is 16.5 Å². The lowest BCUT2D eigenvalue weighted by molar-refractivity contribution is -0.142. The van der Waals surface area contributed by atoms with Crippen LogP contribution < -0.4 is 15.4 Å². The van der Waals surface area contributed by atoms with Crippen LogP contribution in [0.3, 0.4) is 0 Å². The fourth-order valence-electron chi connectivity index (χ4n) is 3.46. The van der Waals surface area contributed by atoms with Gasteiger partial charge in [-0.15, -0.1) is 0 Å². The molecular formula is C24H27N3O5. The molecule has 3 aromatic rings. The maximum absolute atomic E-state index is 13.0. The average molecular weight is 437 g/mol. The van der Waals surface area contributed by atoms with Crippen molar-refractivity contribution in [2.24, 2.45) is 5.92 Å². The summed E-state index contributed by atoms with van der Waals surface area (Å²) in [6.45, 7) is 3.75. The number of amides is 2. The van der Waals surface area contributed by atoms with Gasteiger partial charge in [0.05, 0.1) is 0 Å². The second kappa shape index (κ2) is 10.5. The molecule has 0 unspecified atom stereocenters. The van der Waals surface area contributed by atoms with Gasteiger partial charge in [-0.05, 0) is 36.1 Å². The van der Waals surface area contributed by atoms with Crippen molar-refractivity contribution in [1.29, 1.82) is 0 Å². The van der Waals surface area contributed by atoms with Crippen LogP contribution >= 0.6 is 0 Å². The van der Waals surface area contributed by atoms with Crippen LogP contribution in [0.2, 0.25) is 0 Å². The Morgan fingerprint density at radius 2 is 1.66 bits per heavy atom. The molecule has 2 amide bonds. The molecule has 0 saturated carbocycles. The minimum atomic E-state index is -1.12. The van der Waals surface area contributed by atoms with Gasteiger partial charge in [-0.2, -0.15) is 0 Å². The number of benzene rings is 2. The molecule has 1 aromatic heterocycles. The van der Waals surface area contributed by atoms with Crippen LogP contribution in [0, 0.1) is 5.92 Å². The Bertz CT molecular complexity index is 1080. The minimum absolute atomic E-state index is 0.0690. The van der Waals surface area contributed by atoms with E-state index in [1.807, 2.05) is 38.1 Å². The van der Waals surface area contributed by atoms with Crippen molar-refractivity contribution in [3.8, 4) is 5.75 Å². The number of carboxylic acid groups (broad SMARTS) is 1. The Balaban J connectivity index is 1.80. The normalized spacial score (nSPS) is 12.8. The number of rotatable bonds is 9. The zero-order chi connectivity index (χ0) is 23.1. The molecule has 0 spiro atoms. The molecule has 2 atom stereocenters. The number of ether oxygens (including phenoxy) is 1. The largest absolute Gasteiger partial charge is 0.480 e. The summed E-state index contributed by atoms with van der Waals surface area (Å²) >= 11 is 0. The van der Waals surface area contributed by atoms with Crippen molar-refractivity contribution < 1.29 is 24.2 Å². The standard InChI is InChI=1S/C24H27N3O5/c1-15(2)12-21(23(29)30)26-22(28)20(27-24(31)32-17-8-4-3-5-9-17)13-16-14-25-19-11-7-6-10-18(16)19/h3-11,14-15,20-21,25H,12-13H2,1-2H3,(H,26,28)(H,27,31)(H,29,30)/t20-,21-/m0/s1. The van der Waals surface area contributed by atoms with E-state index in [1.165, 1.54) is 0 Å². The summed E-state index contributed by atoms with van der Waals surface area (Å²) in [5.41, 5.74) is 1.72. The Labute approximate surface area is 186 Å². The zero-order valence-corrected chi connectivity index (χ0v) is 18.0. The highest BCUT2D eigenvalue weighted by atomic mass is 16.6. The Morgan fingerprint density at radius 3 is 2.34 bits per heavy atom. The van der Waals surface area contributed by atoms with Gasteiger partial charge in [0, 0.05) is 23.5 Å². The molecule has 4 N–H and O–H groups in total. The summed E-state index contributed by atoms with van der Waals surface area (Å²) in [6, 6.07) is 14.0. The summed E-state index contributed by atoms with van der Waals surface area (Å²) in [6.07, 6.45) is 1.41. The number of aliphatic carboxylic acids is 1. The van der Waals surface area contributed by atoms with Gasteiger partial charge in [-0.3, -0.25) is 4.79 Å². The molecule has 0 radical (unpaired) electrons. The number of hydrogen-bond acceptors (Lipinski definition) is 4. The number of carbonyl (C=O) groups is 3. The van der Waals surface area contributed by atoms with Crippen molar-refractivity contribution in [2.45, 2.75) is 38.8 Å². The molecule has 0 aliphatic rings. The molecule has 8 nitrogen and oxygen atoms in total. The highest BCUT2D eigenvalue weighted by Crippen LogP contribution is 2.19. The smallest absolute Gasteiger partial charge is 0.413 e. The molecule has 0 fully saturated rings. The quantitative estimate of drug-likeness (QED) is 0.408. The number of hydrogen-bond donors (Lipinski definition) is 4. The third-order valence-electron chi connectivity index (χ3n) is 4.98. The molecule has 0 aliphatic carbocycles. The summed E-state index contributed by atoms with van der Waals surface area (Å²) in [5, 5.41) is 15.6. The maximum Gasteiger partial charge on any atom is 0.413 e. The fourth-order valence-corrected chi connectivity index (χ4v) is 3.46. The number of fused-ring (bicyclic) bond motifs is 1. The van der Waals surface area contributed by atoms with Gasteiger partial charge in [0.1, 0.15) is 17.8 Å². The van der Waals surface area contributed by atoms with Crippen LogP contribution in [0.5, 0.6) is 5.75 Å². The van der Waals surface area contributed by atoms with Crippen molar-refractivity contribution in [3.63, 3.8) is 0 Å². The predicted molar refractivity (Wildman–Crippen MR) is 120 cm³/mol. The van der Waals surface area contributed by atoms with Crippen LogP contribution in [-0.2, 0) is 16.0 Å². The van der Waals surface area contributed by atoms with Crippen LogP contribution in [0.1, 0.15) is 25.8 Å². The average Bonchev–Trinajstić information content (AvgIpc) is 3.16. The minimum Gasteiger partial charge on any atom is -0.480 e. The monoisotopic (exact) mass is 437 g/mol. The van der Waals surface area contributed by atoms with Gasteiger partial charge in [-0.1, -0.05) is 50.2 Å². The maximum atomic E-state index is 13.0. The summed E-state index contributed by atoms with van der Waals surface area (Å²) in [5.74, 6) is -1.31. The van der Waals surface area contributed by atoms with Crippen molar-refractivity contribution in [3.05, 3.63) is 66.4 Å². The first-order valence-electron chi connectivity index (χ1n) is 10.4. The van der Waals surface area contributed by atoms with Gasteiger partial charge >= 0.3 is 12.1 Å². The molecule has 0 saturated heterocycles. The SMILES string of the molecule is CC(C)C[C@H](NC(=O)[C@H](Cc1c[nH]c2ccccc12)NC(=O)Oc1ccccc1)C(=O)O. The van der Waals surface area contributed by atoms with Crippen LogP contribution in [0.15, 0.2) is 60.8 Å². The van der Waals surface area contributed by atoms with Crippen molar-refractivity contribution in [1.82, 2.24) is 15.6 Å². The predicted octanol–water partition coefficient (Wildman–Crippen LogP) is 3.48. The molecule has 1 heterocycles. The third kappa shape index (κ3) is 6.10. The Morgan fingerprint density at radius 1 is 0.969 bits per heavy atom. The molecule has 168 valence electrons. The molecule has 0 bridgehead atoms. The topological polar surface area (TPSA) is 121 Å². The number of carbonyl (C=O) groups excluding carboxylic acids is 2. The second-order valence-corrected chi connectivity index (χ2v) is 7.99. The zero-order valence-electron chi connectivity index (χ0n) is 18.0. The number of carboxylic acids is 1. The molecule has 3 rings (SSSR count). The van der Waals surface area contributed by atoms with E-state index in [1.54, 1.807) is 36.5 Å². The first-order valence-corrected chi connectivity index (χ1v) is 10.4. The van der Waals surface area contributed by atoms with Gasteiger partial charge in [0.25, 0.3) is 0 Å². The Hall–Kier alpha value is -3.81. The van der Waals surface area contributed by atoms with Crippen LogP contribution in [0.4, 0.5) is 4.79 Å². The molecular weight excluding hydrogens is 410 g/mol. The van der Waals surface area contributed by atoms with Gasteiger partial charge in [0.2, 0.25) is 5.91 Å². The molecule has 32 heavy (non-hydrogen) atoms. The van der Waals surface area contributed by atoms with E-state index < -0.39 is 30.1 Å². The van der Waals surface area contributed by atoms with Gasteiger partial charge < -0.3 is 25.5 Å². The summed E-state index contributed by atoms with van der Waals surface area (Å²) in [7, 11) is 0. The molecule has 0 aliphatic heterocycles. The summed E-state index contributed by atoms with van der Waals surface area (Å²) < 4.78 is 5.26. The van der Waals surface area contributed by atoms with E-state index in [2.05, 4.69) is 15.6 Å². The van der Waals surface area contributed by atoms with Crippen molar-refractivity contribution >= 4 is 28.9 Å². The Kier molecular flexibility index (Phi) is 7.49. The lowest BCUT2D eigenvalue weighted by Gasteiger charge is -2.22. The molecule has 8 heteroatoms. The van der Waals surface area contributed by atoms with Crippen molar-refractivity contribution in [2.75, 3.05) is 0 Å². The number of nitrogens with one attached hydrogen (secondary N) is 3. The highest BCUT2D eigenvalue weighted by Gasteiger charge is 2.28. The molecule has 2 aromatic carbocycles. The lowest BCUT2D eigenvalue weighted by Crippen LogP contribution is -2.53. The summed E-state index contributed by atoms with van der Waals surface area (Å²) in [4.78, 5) is 40.3. The number of para-hydroxylation sites is 2.